The van der Waals surface area contributed by atoms with E-state index in [1.54, 1.807) is 37.6 Å². The molecule has 206 valence electrons. The predicted octanol–water partition coefficient (Wildman–Crippen LogP) is 6.02. The van der Waals surface area contributed by atoms with E-state index in [-0.39, 0.29) is 21.6 Å². The summed E-state index contributed by atoms with van der Waals surface area (Å²) in [6.07, 6.45) is 3.17. The van der Waals surface area contributed by atoms with Crippen molar-refractivity contribution in [2.45, 2.75) is 18.4 Å². The van der Waals surface area contributed by atoms with E-state index in [0.29, 0.717) is 28.9 Å². The number of halogens is 1. The highest BCUT2D eigenvalue weighted by Gasteiger charge is 2.25. The van der Waals surface area contributed by atoms with Gasteiger partial charge in [0, 0.05) is 17.1 Å². The Balaban J connectivity index is 1.42. The molecule has 9 nitrogen and oxygen atoms in total. The molecule has 11 heteroatoms. The van der Waals surface area contributed by atoms with Gasteiger partial charge in [0.2, 0.25) is 5.28 Å². The van der Waals surface area contributed by atoms with Crippen LogP contribution in [0.1, 0.15) is 11.1 Å². The molecule has 3 heterocycles. The lowest BCUT2D eigenvalue weighted by Gasteiger charge is -2.09. The van der Waals surface area contributed by atoms with Gasteiger partial charge in [0.05, 0.1) is 29.1 Å². The standard InChI is InChI=1S/C30H24ClN5O4S/c1-18-3-10-24(11-4-18)41(37,38)36-16-25(27-28(32)34-30(31)35-29(27)36)20-7-12-26-21(13-20)14-23(15-33-26)40-17-19-5-8-22(39-2)9-6-19/h3-16H,17H2,1-2H3,(H2,32,34,35). The number of hydrogen-bond donors (Lipinski definition) is 1. The second-order valence-corrected chi connectivity index (χ2v) is 11.6. The van der Waals surface area contributed by atoms with Gasteiger partial charge in [-0.2, -0.15) is 4.98 Å². The van der Waals surface area contributed by atoms with Crippen molar-refractivity contribution in [2.75, 3.05) is 12.8 Å². The van der Waals surface area contributed by atoms with E-state index in [1.807, 2.05) is 55.5 Å². The number of pyridine rings is 1. The van der Waals surface area contributed by atoms with Crippen molar-refractivity contribution in [3.63, 3.8) is 0 Å². The van der Waals surface area contributed by atoms with E-state index in [9.17, 15) is 8.42 Å². The highest BCUT2D eigenvalue weighted by atomic mass is 35.5. The summed E-state index contributed by atoms with van der Waals surface area (Å²) in [5, 5.41) is 1.02. The van der Waals surface area contributed by atoms with Gasteiger partial charge in [-0.15, -0.1) is 0 Å². The van der Waals surface area contributed by atoms with E-state index in [0.717, 1.165) is 31.8 Å². The fraction of sp³-hybridized carbons (Fsp3) is 0.100. The lowest BCUT2D eigenvalue weighted by Crippen LogP contribution is -2.13. The average Bonchev–Trinajstić information content (AvgIpc) is 3.37. The van der Waals surface area contributed by atoms with Crippen molar-refractivity contribution in [2.24, 2.45) is 0 Å². The lowest BCUT2D eigenvalue weighted by atomic mass is 10.0. The second-order valence-electron chi connectivity index (χ2n) is 9.45. The third-order valence-electron chi connectivity index (χ3n) is 6.72. The van der Waals surface area contributed by atoms with Crippen LogP contribution in [0.5, 0.6) is 11.5 Å². The van der Waals surface area contributed by atoms with Gasteiger partial charge in [-0.05, 0) is 72.1 Å². The van der Waals surface area contributed by atoms with E-state index >= 15 is 0 Å². The molecule has 3 aromatic heterocycles. The monoisotopic (exact) mass is 585 g/mol. The van der Waals surface area contributed by atoms with Crippen LogP contribution < -0.4 is 15.2 Å². The zero-order valence-corrected chi connectivity index (χ0v) is 23.6. The number of hydrogen-bond acceptors (Lipinski definition) is 8. The number of aromatic nitrogens is 4. The van der Waals surface area contributed by atoms with Crippen molar-refractivity contribution < 1.29 is 17.9 Å². The number of nitrogens with two attached hydrogens (primary N) is 1. The van der Waals surface area contributed by atoms with Gasteiger partial charge >= 0.3 is 0 Å². The summed E-state index contributed by atoms with van der Waals surface area (Å²) in [4.78, 5) is 13.0. The Morgan fingerprint density at radius 1 is 0.951 bits per heavy atom. The van der Waals surface area contributed by atoms with Crippen molar-refractivity contribution in [1.82, 2.24) is 18.9 Å². The SMILES string of the molecule is COc1ccc(COc2cnc3ccc(-c4cn(S(=O)(=O)c5ccc(C)cc5)c5nc(Cl)nc(N)c45)cc3c2)cc1. The third kappa shape index (κ3) is 5.03. The number of nitrogen functional groups attached to an aromatic ring is 1. The molecule has 0 saturated heterocycles. The number of rotatable bonds is 7. The van der Waals surface area contributed by atoms with Crippen molar-refractivity contribution in [3.05, 3.63) is 102 Å². The van der Waals surface area contributed by atoms with Gasteiger partial charge in [-0.3, -0.25) is 4.98 Å². The maximum absolute atomic E-state index is 13.7. The molecule has 0 aliphatic carbocycles. The molecule has 3 aromatic carbocycles. The molecule has 0 spiro atoms. The van der Waals surface area contributed by atoms with Gasteiger partial charge in [-0.25, -0.2) is 17.4 Å². The first-order chi connectivity index (χ1) is 19.7. The fourth-order valence-corrected chi connectivity index (χ4v) is 6.05. The van der Waals surface area contributed by atoms with Crippen LogP contribution in [0.4, 0.5) is 5.82 Å². The molecular formula is C30H24ClN5O4S. The molecule has 0 saturated carbocycles. The van der Waals surface area contributed by atoms with Crippen molar-refractivity contribution in [3.8, 4) is 22.6 Å². The van der Waals surface area contributed by atoms with Crippen molar-refractivity contribution in [1.29, 1.82) is 0 Å². The van der Waals surface area contributed by atoms with Crippen LogP contribution >= 0.6 is 11.6 Å². The summed E-state index contributed by atoms with van der Waals surface area (Å²) >= 11 is 6.11. The van der Waals surface area contributed by atoms with E-state index < -0.39 is 10.0 Å². The Labute approximate surface area is 241 Å². The minimum Gasteiger partial charge on any atom is -0.497 e. The first kappa shape index (κ1) is 26.5. The maximum Gasteiger partial charge on any atom is 0.269 e. The van der Waals surface area contributed by atoms with Crippen LogP contribution in [-0.4, -0.2) is 34.5 Å². The van der Waals surface area contributed by atoms with Crippen LogP contribution in [0.15, 0.2) is 90.1 Å². The summed E-state index contributed by atoms with van der Waals surface area (Å²) in [7, 11) is -2.40. The highest BCUT2D eigenvalue weighted by Crippen LogP contribution is 2.37. The Morgan fingerprint density at radius 3 is 2.44 bits per heavy atom. The molecule has 2 N–H and O–H groups in total. The molecule has 0 aliphatic heterocycles. The number of methoxy groups -OCH3 is 1. The largest absolute Gasteiger partial charge is 0.497 e. The minimum atomic E-state index is -4.02. The van der Waals surface area contributed by atoms with E-state index in [2.05, 4.69) is 15.0 Å². The number of anilines is 1. The van der Waals surface area contributed by atoms with E-state index in [1.165, 1.54) is 6.20 Å². The molecule has 0 fully saturated rings. The summed E-state index contributed by atoms with van der Waals surface area (Å²) in [5.74, 6) is 1.43. The van der Waals surface area contributed by atoms with Crippen LogP contribution in [0.3, 0.4) is 0 Å². The number of aryl methyl sites for hydroxylation is 1. The van der Waals surface area contributed by atoms with Gasteiger partial charge in [0.25, 0.3) is 10.0 Å². The zero-order valence-electron chi connectivity index (χ0n) is 22.1. The molecule has 0 unspecified atom stereocenters. The fourth-order valence-electron chi connectivity index (χ4n) is 4.57. The number of fused-ring (bicyclic) bond motifs is 2. The Bertz CT molecular complexity index is 2030. The summed E-state index contributed by atoms with van der Waals surface area (Å²) < 4.78 is 39.7. The minimum absolute atomic E-state index is 0.0719. The predicted molar refractivity (Wildman–Crippen MR) is 159 cm³/mol. The molecule has 6 rings (SSSR count). The normalized spacial score (nSPS) is 11.7. The highest BCUT2D eigenvalue weighted by molar-refractivity contribution is 7.90. The number of ether oxygens (including phenoxy) is 2. The summed E-state index contributed by atoms with van der Waals surface area (Å²) in [5.41, 5.74) is 10.3. The molecule has 6 aromatic rings. The Morgan fingerprint density at radius 2 is 1.71 bits per heavy atom. The zero-order chi connectivity index (χ0) is 28.7. The Kier molecular flexibility index (Phi) is 6.72. The molecular weight excluding hydrogens is 562 g/mol. The van der Waals surface area contributed by atoms with Crippen LogP contribution in [-0.2, 0) is 16.6 Å². The first-order valence-electron chi connectivity index (χ1n) is 12.5. The molecule has 0 amide bonds. The second kappa shape index (κ2) is 10.4. The summed E-state index contributed by atoms with van der Waals surface area (Å²) in [6.45, 7) is 2.24. The van der Waals surface area contributed by atoms with Crippen LogP contribution in [0, 0.1) is 6.92 Å². The first-order valence-corrected chi connectivity index (χ1v) is 14.4. The van der Waals surface area contributed by atoms with Crippen molar-refractivity contribution >= 4 is 49.4 Å². The third-order valence-corrected chi connectivity index (χ3v) is 8.56. The van der Waals surface area contributed by atoms with Gasteiger partial charge in [0.15, 0.2) is 5.65 Å². The van der Waals surface area contributed by atoms with Gasteiger partial charge < -0.3 is 15.2 Å². The number of benzene rings is 3. The summed E-state index contributed by atoms with van der Waals surface area (Å²) in [6, 6.07) is 21.7. The lowest BCUT2D eigenvalue weighted by molar-refractivity contribution is 0.305. The Hall–Kier alpha value is -4.67. The van der Waals surface area contributed by atoms with Gasteiger partial charge in [0.1, 0.15) is 23.9 Å². The molecule has 0 aliphatic rings. The van der Waals surface area contributed by atoms with Crippen LogP contribution in [0.25, 0.3) is 33.1 Å². The van der Waals surface area contributed by atoms with Gasteiger partial charge in [-0.1, -0.05) is 35.9 Å². The molecule has 0 bridgehead atoms. The van der Waals surface area contributed by atoms with Crippen LogP contribution in [0.2, 0.25) is 5.28 Å². The quantitative estimate of drug-likeness (QED) is 0.226. The molecule has 41 heavy (non-hydrogen) atoms. The van der Waals surface area contributed by atoms with E-state index in [4.69, 9.17) is 26.8 Å². The average molecular weight is 586 g/mol. The topological polar surface area (TPSA) is 122 Å². The molecule has 0 radical (unpaired) electrons. The smallest absolute Gasteiger partial charge is 0.269 e. The number of nitrogens with zero attached hydrogens (tertiary/aromatic N) is 4. The maximum atomic E-state index is 13.7. The molecule has 0 atom stereocenters.